The van der Waals surface area contributed by atoms with Crippen LogP contribution in [0.15, 0.2) is 48.7 Å². The number of esters is 1. The van der Waals surface area contributed by atoms with Gasteiger partial charge in [-0.1, -0.05) is 24.3 Å². The fourth-order valence-electron chi connectivity index (χ4n) is 4.54. The Bertz CT molecular complexity index is 1120. The van der Waals surface area contributed by atoms with Crippen LogP contribution in [0.2, 0.25) is 0 Å². The molecule has 3 aromatic rings. The minimum Gasteiger partial charge on any atom is -0.466 e. The van der Waals surface area contributed by atoms with Gasteiger partial charge in [-0.05, 0) is 50.5 Å². The second-order valence-electron chi connectivity index (χ2n) is 8.23. The largest absolute Gasteiger partial charge is 0.466 e. The van der Waals surface area contributed by atoms with E-state index in [1.54, 1.807) is 36.2 Å². The van der Waals surface area contributed by atoms with Crippen LogP contribution in [-0.4, -0.2) is 45.9 Å². The zero-order valence-electron chi connectivity index (χ0n) is 18.5. The highest BCUT2D eigenvalue weighted by molar-refractivity contribution is 5.79. The number of carbonyl (C=O) groups excluding carboxylic acids is 2. The minimum atomic E-state index is -0.470. The summed E-state index contributed by atoms with van der Waals surface area (Å²) in [5.74, 6) is -1.21. The molecule has 0 aliphatic carbocycles. The Balaban J connectivity index is 1.59. The van der Waals surface area contributed by atoms with Gasteiger partial charge in [-0.2, -0.15) is 0 Å². The number of fused-ring (bicyclic) bond motifs is 1. The summed E-state index contributed by atoms with van der Waals surface area (Å²) in [4.78, 5) is 31.5. The van der Waals surface area contributed by atoms with E-state index in [-0.39, 0.29) is 30.0 Å². The standard InChI is InChI=1S/C25H28FN3O3/c1-3-32-25(31)18-11-13-28(14-12-18)24(30)15-20(19-8-4-5-9-21(19)26)22-16-27-23-10-6-7-17(2)29(22)23/h4-10,16,18,20H,3,11-15H2,1-2H3. The monoisotopic (exact) mass is 437 g/mol. The predicted molar refractivity (Wildman–Crippen MR) is 119 cm³/mol. The van der Waals surface area contributed by atoms with Crippen molar-refractivity contribution in [3.8, 4) is 0 Å². The van der Waals surface area contributed by atoms with Gasteiger partial charge in [-0.15, -0.1) is 0 Å². The topological polar surface area (TPSA) is 63.9 Å². The first-order valence-corrected chi connectivity index (χ1v) is 11.1. The number of carbonyl (C=O) groups is 2. The molecule has 168 valence electrons. The van der Waals surface area contributed by atoms with Gasteiger partial charge >= 0.3 is 5.97 Å². The third-order valence-electron chi connectivity index (χ3n) is 6.24. The first-order chi connectivity index (χ1) is 15.5. The normalized spacial score (nSPS) is 15.7. The molecule has 1 fully saturated rings. The molecule has 1 aliphatic rings. The molecule has 0 N–H and O–H groups in total. The lowest BCUT2D eigenvalue weighted by Crippen LogP contribution is -2.41. The van der Waals surface area contributed by atoms with Gasteiger partial charge in [0.2, 0.25) is 5.91 Å². The number of amides is 1. The first kappa shape index (κ1) is 22.0. The Labute approximate surface area is 187 Å². The average molecular weight is 438 g/mol. The van der Waals surface area contributed by atoms with Gasteiger partial charge in [-0.3, -0.25) is 9.59 Å². The lowest BCUT2D eigenvalue weighted by molar-refractivity contribution is -0.151. The zero-order chi connectivity index (χ0) is 22.7. The maximum absolute atomic E-state index is 14.8. The number of likely N-dealkylation sites (tertiary alicyclic amines) is 1. The van der Waals surface area contributed by atoms with Gasteiger partial charge < -0.3 is 14.0 Å². The molecule has 0 bridgehead atoms. The molecular formula is C25H28FN3O3. The average Bonchev–Trinajstić information content (AvgIpc) is 3.23. The van der Waals surface area contributed by atoms with E-state index in [2.05, 4.69) is 4.98 Å². The van der Waals surface area contributed by atoms with Crippen molar-refractivity contribution in [2.24, 2.45) is 5.92 Å². The van der Waals surface area contributed by atoms with Crippen LogP contribution >= 0.6 is 0 Å². The number of piperidine rings is 1. The highest BCUT2D eigenvalue weighted by Gasteiger charge is 2.31. The summed E-state index contributed by atoms with van der Waals surface area (Å²) in [5, 5.41) is 0. The fourth-order valence-corrected chi connectivity index (χ4v) is 4.54. The zero-order valence-corrected chi connectivity index (χ0v) is 18.5. The van der Waals surface area contributed by atoms with E-state index in [0.717, 1.165) is 17.0 Å². The number of benzene rings is 1. The number of rotatable bonds is 6. The number of halogens is 1. The van der Waals surface area contributed by atoms with Crippen molar-refractivity contribution in [2.75, 3.05) is 19.7 Å². The summed E-state index contributed by atoms with van der Waals surface area (Å²) in [6.07, 6.45) is 3.04. The Hall–Kier alpha value is -3.22. The van der Waals surface area contributed by atoms with Crippen molar-refractivity contribution in [1.29, 1.82) is 0 Å². The van der Waals surface area contributed by atoms with Crippen molar-refractivity contribution in [2.45, 2.75) is 39.0 Å². The third kappa shape index (κ3) is 4.38. The molecule has 0 radical (unpaired) electrons. The number of nitrogens with zero attached hydrogens (tertiary/aromatic N) is 3. The van der Waals surface area contributed by atoms with Crippen molar-refractivity contribution in [3.05, 3.63) is 71.4 Å². The van der Waals surface area contributed by atoms with Gasteiger partial charge in [-0.25, -0.2) is 9.37 Å². The number of aromatic nitrogens is 2. The lowest BCUT2D eigenvalue weighted by atomic mass is 9.90. The highest BCUT2D eigenvalue weighted by atomic mass is 19.1. The van der Waals surface area contributed by atoms with Gasteiger partial charge in [0.05, 0.1) is 18.2 Å². The van der Waals surface area contributed by atoms with Crippen LogP contribution < -0.4 is 0 Å². The molecule has 0 saturated carbocycles. The van der Waals surface area contributed by atoms with Crippen LogP contribution in [0, 0.1) is 18.7 Å². The summed E-state index contributed by atoms with van der Waals surface area (Å²) in [6.45, 7) is 5.12. The van der Waals surface area contributed by atoms with Gasteiger partial charge in [0.1, 0.15) is 11.5 Å². The number of hydrogen-bond donors (Lipinski definition) is 0. The number of aryl methyl sites for hydroxylation is 1. The van der Waals surface area contributed by atoms with E-state index < -0.39 is 5.92 Å². The summed E-state index contributed by atoms with van der Waals surface area (Å²) in [5.41, 5.74) is 3.01. The van der Waals surface area contributed by atoms with E-state index in [9.17, 15) is 14.0 Å². The molecule has 1 saturated heterocycles. The maximum Gasteiger partial charge on any atom is 0.309 e. The van der Waals surface area contributed by atoms with Gasteiger partial charge in [0.15, 0.2) is 0 Å². The quantitative estimate of drug-likeness (QED) is 0.545. The molecule has 3 heterocycles. The predicted octanol–water partition coefficient (Wildman–Crippen LogP) is 4.11. The van der Waals surface area contributed by atoms with Crippen LogP contribution in [-0.2, 0) is 14.3 Å². The van der Waals surface area contributed by atoms with Crippen molar-refractivity contribution >= 4 is 17.5 Å². The van der Waals surface area contributed by atoms with Gasteiger partial charge in [0.25, 0.3) is 0 Å². The van der Waals surface area contributed by atoms with Crippen molar-refractivity contribution < 1.29 is 18.7 Å². The molecule has 1 amide bonds. The summed E-state index contributed by atoms with van der Waals surface area (Å²) >= 11 is 0. The van der Waals surface area contributed by atoms with E-state index >= 15 is 0 Å². The Kier molecular flexibility index (Phi) is 6.53. The van der Waals surface area contributed by atoms with Crippen LogP contribution in [0.5, 0.6) is 0 Å². The fraction of sp³-hybridized carbons (Fsp3) is 0.400. The number of imidazole rings is 1. The SMILES string of the molecule is CCOC(=O)C1CCN(C(=O)CC(c2ccccc2F)c2cnc3cccc(C)n23)CC1. The molecular weight excluding hydrogens is 409 g/mol. The van der Waals surface area contributed by atoms with Crippen LogP contribution in [0.3, 0.4) is 0 Å². The highest BCUT2D eigenvalue weighted by Crippen LogP contribution is 2.32. The molecule has 4 rings (SSSR count). The molecule has 6 nitrogen and oxygen atoms in total. The second-order valence-corrected chi connectivity index (χ2v) is 8.23. The van der Waals surface area contributed by atoms with E-state index in [4.69, 9.17) is 4.74 Å². The molecule has 32 heavy (non-hydrogen) atoms. The molecule has 1 aromatic carbocycles. The summed E-state index contributed by atoms with van der Waals surface area (Å²) < 4.78 is 21.9. The number of ether oxygens (including phenoxy) is 1. The first-order valence-electron chi connectivity index (χ1n) is 11.1. The van der Waals surface area contributed by atoms with Crippen molar-refractivity contribution in [3.63, 3.8) is 0 Å². The molecule has 1 unspecified atom stereocenters. The summed E-state index contributed by atoms with van der Waals surface area (Å²) in [6, 6.07) is 12.4. The van der Waals surface area contributed by atoms with E-state index in [0.29, 0.717) is 38.1 Å². The molecule has 0 spiro atoms. The van der Waals surface area contributed by atoms with E-state index in [1.807, 2.05) is 29.5 Å². The second kappa shape index (κ2) is 9.51. The number of hydrogen-bond acceptors (Lipinski definition) is 4. The third-order valence-corrected chi connectivity index (χ3v) is 6.24. The smallest absolute Gasteiger partial charge is 0.309 e. The Morgan fingerprint density at radius 3 is 2.62 bits per heavy atom. The Morgan fingerprint density at radius 2 is 1.91 bits per heavy atom. The Morgan fingerprint density at radius 1 is 1.16 bits per heavy atom. The molecule has 7 heteroatoms. The van der Waals surface area contributed by atoms with Crippen molar-refractivity contribution in [1.82, 2.24) is 14.3 Å². The van der Waals surface area contributed by atoms with Crippen LogP contribution in [0.4, 0.5) is 4.39 Å². The number of pyridine rings is 1. The van der Waals surface area contributed by atoms with E-state index in [1.165, 1.54) is 6.07 Å². The molecule has 2 aromatic heterocycles. The maximum atomic E-state index is 14.8. The molecule has 1 atom stereocenters. The van der Waals surface area contributed by atoms with Crippen LogP contribution in [0.1, 0.15) is 49.1 Å². The summed E-state index contributed by atoms with van der Waals surface area (Å²) in [7, 11) is 0. The van der Waals surface area contributed by atoms with Gasteiger partial charge in [0, 0.05) is 37.3 Å². The van der Waals surface area contributed by atoms with Crippen LogP contribution in [0.25, 0.3) is 5.65 Å². The lowest BCUT2D eigenvalue weighted by Gasteiger charge is -2.32. The molecule has 1 aliphatic heterocycles. The minimum absolute atomic E-state index is 0.0518.